The molecule has 0 aliphatic carbocycles. The van der Waals surface area contributed by atoms with Crippen LogP contribution in [0.4, 0.5) is 11.4 Å². The third-order valence-corrected chi connectivity index (χ3v) is 9.08. The highest BCUT2D eigenvalue weighted by atomic mass is 32.2. The van der Waals surface area contributed by atoms with Crippen molar-refractivity contribution in [3.63, 3.8) is 0 Å². The monoisotopic (exact) mass is 565 g/mol. The van der Waals surface area contributed by atoms with E-state index in [0.29, 0.717) is 60.6 Å². The fourth-order valence-corrected chi connectivity index (χ4v) is 6.59. The molecule has 2 atom stereocenters. The van der Waals surface area contributed by atoms with Gasteiger partial charge in [-0.2, -0.15) is 0 Å². The number of ether oxygens (including phenoxy) is 2. The summed E-state index contributed by atoms with van der Waals surface area (Å²) < 4.78 is 27.4. The Hall–Kier alpha value is -3.51. The molecule has 40 heavy (non-hydrogen) atoms. The van der Waals surface area contributed by atoms with E-state index in [2.05, 4.69) is 0 Å². The summed E-state index contributed by atoms with van der Waals surface area (Å²) in [6.45, 7) is 7.85. The number of carboxylic acid groups (broad SMARTS) is 1. The molecule has 1 saturated heterocycles. The van der Waals surface area contributed by atoms with Gasteiger partial charge in [-0.25, -0.2) is 14.4 Å². The lowest BCUT2D eigenvalue weighted by molar-refractivity contribution is -0.165. The molecule has 3 heterocycles. The van der Waals surface area contributed by atoms with Gasteiger partial charge >= 0.3 is 5.97 Å². The van der Waals surface area contributed by atoms with Crippen molar-refractivity contribution in [2.75, 3.05) is 37.0 Å². The van der Waals surface area contributed by atoms with Gasteiger partial charge in [-0.1, -0.05) is 24.3 Å². The Morgan fingerprint density at radius 1 is 1.20 bits per heavy atom. The van der Waals surface area contributed by atoms with Gasteiger partial charge in [0.1, 0.15) is 16.7 Å². The zero-order valence-electron chi connectivity index (χ0n) is 22.9. The van der Waals surface area contributed by atoms with Gasteiger partial charge in [-0.05, 0) is 61.7 Å². The molecule has 11 heteroatoms. The third kappa shape index (κ3) is 5.29. The lowest BCUT2D eigenvalue weighted by Gasteiger charge is -2.41. The summed E-state index contributed by atoms with van der Waals surface area (Å²) in [6, 6.07) is 14.9. The fraction of sp³-hybridized carbons (Fsp3) is 0.379. The fourth-order valence-electron chi connectivity index (χ4n) is 5.24. The molecule has 1 spiro atoms. The SMILES string of the molecule is CCN(N)c1ccc(C(CC(=O)O)c2ccc(C)c(CN3CC4(COC4)Oc4ccccc4S3=O)n2)c(C)c1N. The predicted molar refractivity (Wildman–Crippen MR) is 153 cm³/mol. The van der Waals surface area contributed by atoms with Crippen molar-refractivity contribution >= 4 is 28.3 Å². The molecule has 5 N–H and O–H groups in total. The van der Waals surface area contributed by atoms with Crippen LogP contribution in [0.15, 0.2) is 53.4 Å². The standard InChI is InChI=1S/C29H35N5O5S/c1-4-34(31)24-12-10-20(19(3)28(24)30)21(13-27(35)36)22-11-9-18(2)23(32-22)14-33-15-29(16-38-17-29)39-25-7-5-6-8-26(25)40(33)37/h5-12,21H,4,13-17,30-31H2,1-3H3,(H,35,36). The van der Waals surface area contributed by atoms with E-state index in [4.69, 9.17) is 26.0 Å². The highest BCUT2D eigenvalue weighted by Crippen LogP contribution is 2.38. The topological polar surface area (TPSA) is 144 Å². The van der Waals surface area contributed by atoms with Gasteiger partial charge in [-0.15, -0.1) is 0 Å². The third-order valence-electron chi connectivity index (χ3n) is 7.64. The summed E-state index contributed by atoms with van der Waals surface area (Å²) in [5, 5.41) is 11.4. The molecular weight excluding hydrogens is 530 g/mol. The second-order valence-corrected chi connectivity index (χ2v) is 11.9. The van der Waals surface area contributed by atoms with E-state index in [0.717, 1.165) is 22.4 Å². The number of fused-ring (bicyclic) bond motifs is 1. The minimum atomic E-state index is -1.49. The van der Waals surface area contributed by atoms with Crippen LogP contribution in [-0.4, -0.2) is 56.5 Å². The summed E-state index contributed by atoms with van der Waals surface area (Å²) in [5.41, 5.74) is 10.9. The maximum Gasteiger partial charge on any atom is 0.304 e. The minimum Gasteiger partial charge on any atom is -0.481 e. The molecule has 3 aromatic rings. The second-order valence-electron chi connectivity index (χ2n) is 10.4. The van der Waals surface area contributed by atoms with Crippen LogP contribution in [0.2, 0.25) is 0 Å². The number of carbonyl (C=O) groups is 1. The highest BCUT2D eigenvalue weighted by Gasteiger charge is 2.46. The van der Waals surface area contributed by atoms with Gasteiger partial charge in [-0.3, -0.25) is 9.78 Å². The van der Waals surface area contributed by atoms with Crippen molar-refractivity contribution in [3.05, 3.63) is 76.6 Å². The van der Waals surface area contributed by atoms with E-state index in [1.165, 1.54) is 0 Å². The Balaban J connectivity index is 1.51. The van der Waals surface area contributed by atoms with Crippen LogP contribution in [0.3, 0.4) is 0 Å². The Kier molecular flexibility index (Phi) is 7.83. The van der Waals surface area contributed by atoms with Crippen LogP contribution in [0.5, 0.6) is 5.75 Å². The van der Waals surface area contributed by atoms with Crippen LogP contribution in [0.1, 0.15) is 47.3 Å². The molecule has 2 unspecified atom stereocenters. The van der Waals surface area contributed by atoms with Gasteiger partial charge < -0.3 is 25.3 Å². The van der Waals surface area contributed by atoms with Crippen LogP contribution < -0.4 is 21.3 Å². The number of nitrogens with two attached hydrogens (primary N) is 2. The molecule has 5 rings (SSSR count). The van der Waals surface area contributed by atoms with Gasteiger partial charge in [0.2, 0.25) is 0 Å². The number of aromatic nitrogens is 1. The summed E-state index contributed by atoms with van der Waals surface area (Å²) in [6.07, 6.45) is -0.160. The smallest absolute Gasteiger partial charge is 0.304 e. The van der Waals surface area contributed by atoms with Gasteiger partial charge in [0.25, 0.3) is 0 Å². The Morgan fingerprint density at radius 2 is 1.95 bits per heavy atom. The molecule has 0 bridgehead atoms. The average Bonchev–Trinajstić information content (AvgIpc) is 3.04. The number of aryl methyl sites for hydroxylation is 1. The van der Waals surface area contributed by atoms with Crippen molar-refractivity contribution in [2.45, 2.75) is 50.2 Å². The van der Waals surface area contributed by atoms with Gasteiger partial charge in [0, 0.05) is 18.2 Å². The number of carboxylic acids is 1. The molecule has 2 aliphatic rings. The Labute approximate surface area is 236 Å². The van der Waals surface area contributed by atoms with Crippen LogP contribution in [0.25, 0.3) is 0 Å². The summed E-state index contributed by atoms with van der Waals surface area (Å²) >= 11 is 0. The van der Waals surface area contributed by atoms with Crippen LogP contribution >= 0.6 is 0 Å². The van der Waals surface area contributed by atoms with E-state index in [9.17, 15) is 14.1 Å². The quantitative estimate of drug-likeness (QED) is 0.213. The molecule has 2 aliphatic heterocycles. The average molecular weight is 566 g/mol. The molecule has 212 valence electrons. The van der Waals surface area contributed by atoms with E-state index in [-0.39, 0.29) is 6.42 Å². The predicted octanol–water partition coefficient (Wildman–Crippen LogP) is 3.27. The summed E-state index contributed by atoms with van der Waals surface area (Å²) in [4.78, 5) is 17.6. The van der Waals surface area contributed by atoms with Crippen molar-refractivity contribution in [3.8, 4) is 5.75 Å². The zero-order chi connectivity index (χ0) is 28.6. The highest BCUT2D eigenvalue weighted by molar-refractivity contribution is 7.82. The second kappa shape index (κ2) is 11.2. The number of pyridine rings is 1. The van der Waals surface area contributed by atoms with E-state index < -0.39 is 28.5 Å². The Morgan fingerprint density at radius 3 is 2.62 bits per heavy atom. The number of hydrazine groups is 1. The summed E-state index contributed by atoms with van der Waals surface area (Å²) in [7, 11) is -1.49. The first-order valence-corrected chi connectivity index (χ1v) is 14.3. The number of nitrogens with zero attached hydrogens (tertiary/aromatic N) is 3. The molecule has 2 aromatic carbocycles. The first-order valence-electron chi connectivity index (χ1n) is 13.2. The minimum absolute atomic E-state index is 0.160. The van der Waals surface area contributed by atoms with Crippen molar-refractivity contribution in [1.82, 2.24) is 9.29 Å². The first kappa shape index (κ1) is 28.0. The maximum atomic E-state index is 13.7. The number of rotatable bonds is 8. The number of para-hydroxylation sites is 1. The van der Waals surface area contributed by atoms with Crippen molar-refractivity contribution < 1.29 is 23.6 Å². The number of hydrogen-bond acceptors (Lipinski definition) is 8. The number of anilines is 2. The van der Waals surface area contributed by atoms with E-state index >= 15 is 0 Å². The molecule has 1 fully saturated rings. The Bertz CT molecular complexity index is 1460. The van der Waals surface area contributed by atoms with Crippen LogP contribution in [-0.2, 0) is 27.1 Å². The lowest BCUT2D eigenvalue weighted by Crippen LogP contribution is -2.60. The van der Waals surface area contributed by atoms with Gasteiger partial charge in [0.15, 0.2) is 5.60 Å². The normalized spacial score (nSPS) is 18.8. The number of aliphatic carboxylic acids is 1. The molecule has 0 amide bonds. The summed E-state index contributed by atoms with van der Waals surface area (Å²) in [5.74, 6) is 5.21. The maximum absolute atomic E-state index is 13.7. The number of hydrogen-bond donors (Lipinski definition) is 3. The molecule has 10 nitrogen and oxygen atoms in total. The lowest BCUT2D eigenvalue weighted by atomic mass is 9.87. The van der Waals surface area contributed by atoms with E-state index in [1.807, 2.05) is 73.6 Å². The van der Waals surface area contributed by atoms with Gasteiger partial charge in [0.05, 0.1) is 54.7 Å². The molecular formula is C29H35N5O5S. The molecule has 1 aromatic heterocycles. The van der Waals surface area contributed by atoms with E-state index in [1.54, 1.807) is 5.01 Å². The van der Waals surface area contributed by atoms with Crippen molar-refractivity contribution in [1.29, 1.82) is 0 Å². The largest absolute Gasteiger partial charge is 0.481 e. The van der Waals surface area contributed by atoms with Crippen molar-refractivity contribution in [2.24, 2.45) is 5.84 Å². The first-order chi connectivity index (χ1) is 19.1. The number of benzene rings is 2. The molecule has 0 saturated carbocycles. The zero-order valence-corrected chi connectivity index (χ0v) is 23.7. The number of nitrogen functional groups attached to an aromatic ring is 1. The van der Waals surface area contributed by atoms with Crippen LogP contribution in [0, 0.1) is 13.8 Å². The molecule has 0 radical (unpaired) electrons.